The SMILES string of the molecule is CCNC(Cc1nccn1C)C(C)OC. The van der Waals surface area contributed by atoms with Gasteiger partial charge in [-0.05, 0) is 13.5 Å². The van der Waals surface area contributed by atoms with Gasteiger partial charge in [0.05, 0.1) is 6.10 Å². The van der Waals surface area contributed by atoms with Crippen LogP contribution in [-0.4, -0.2) is 35.4 Å². The van der Waals surface area contributed by atoms with Crippen LogP contribution >= 0.6 is 0 Å². The molecule has 0 saturated heterocycles. The second kappa shape index (κ2) is 5.88. The van der Waals surface area contributed by atoms with E-state index >= 15 is 0 Å². The van der Waals surface area contributed by atoms with E-state index in [1.54, 1.807) is 7.11 Å². The maximum Gasteiger partial charge on any atom is 0.110 e. The fraction of sp³-hybridized carbons (Fsp3) is 0.727. The van der Waals surface area contributed by atoms with Gasteiger partial charge in [-0.3, -0.25) is 0 Å². The molecule has 0 spiro atoms. The number of aryl methyl sites for hydroxylation is 1. The summed E-state index contributed by atoms with van der Waals surface area (Å²) >= 11 is 0. The van der Waals surface area contributed by atoms with E-state index in [9.17, 15) is 0 Å². The molecule has 1 N–H and O–H groups in total. The summed E-state index contributed by atoms with van der Waals surface area (Å²) in [6.45, 7) is 5.13. The summed E-state index contributed by atoms with van der Waals surface area (Å²) in [7, 11) is 3.76. The van der Waals surface area contributed by atoms with Crippen LogP contribution in [0.4, 0.5) is 0 Å². The van der Waals surface area contributed by atoms with E-state index in [-0.39, 0.29) is 6.10 Å². The molecule has 15 heavy (non-hydrogen) atoms. The van der Waals surface area contributed by atoms with Crippen molar-refractivity contribution in [1.29, 1.82) is 0 Å². The van der Waals surface area contributed by atoms with Crippen molar-refractivity contribution in [3.8, 4) is 0 Å². The van der Waals surface area contributed by atoms with E-state index in [0.29, 0.717) is 6.04 Å². The van der Waals surface area contributed by atoms with Crippen molar-refractivity contribution >= 4 is 0 Å². The van der Waals surface area contributed by atoms with Crippen molar-refractivity contribution in [2.24, 2.45) is 7.05 Å². The van der Waals surface area contributed by atoms with Gasteiger partial charge in [-0.25, -0.2) is 4.98 Å². The van der Waals surface area contributed by atoms with Gasteiger partial charge in [0.25, 0.3) is 0 Å². The highest BCUT2D eigenvalue weighted by Crippen LogP contribution is 2.05. The van der Waals surface area contributed by atoms with Gasteiger partial charge in [0.15, 0.2) is 0 Å². The van der Waals surface area contributed by atoms with Gasteiger partial charge >= 0.3 is 0 Å². The Morgan fingerprint density at radius 1 is 1.60 bits per heavy atom. The highest BCUT2D eigenvalue weighted by Gasteiger charge is 2.17. The summed E-state index contributed by atoms with van der Waals surface area (Å²) in [5, 5.41) is 3.42. The smallest absolute Gasteiger partial charge is 0.110 e. The second-order valence-corrected chi connectivity index (χ2v) is 3.76. The van der Waals surface area contributed by atoms with Crippen LogP contribution in [-0.2, 0) is 18.2 Å². The summed E-state index contributed by atoms with van der Waals surface area (Å²) in [4.78, 5) is 4.32. The average Bonchev–Trinajstić information content (AvgIpc) is 2.63. The molecule has 4 nitrogen and oxygen atoms in total. The van der Waals surface area contributed by atoms with Crippen LogP contribution in [0.25, 0.3) is 0 Å². The molecule has 1 aromatic heterocycles. The monoisotopic (exact) mass is 211 g/mol. The molecule has 2 atom stereocenters. The van der Waals surface area contributed by atoms with Gasteiger partial charge in [0, 0.05) is 39.0 Å². The Morgan fingerprint density at radius 2 is 2.33 bits per heavy atom. The fourth-order valence-corrected chi connectivity index (χ4v) is 1.62. The molecule has 0 radical (unpaired) electrons. The zero-order valence-corrected chi connectivity index (χ0v) is 10.0. The third kappa shape index (κ3) is 3.32. The first-order valence-corrected chi connectivity index (χ1v) is 5.41. The summed E-state index contributed by atoms with van der Waals surface area (Å²) < 4.78 is 7.40. The molecule has 1 rings (SSSR count). The van der Waals surface area contributed by atoms with Crippen molar-refractivity contribution in [2.45, 2.75) is 32.4 Å². The normalized spacial score (nSPS) is 15.2. The van der Waals surface area contributed by atoms with Crippen molar-refractivity contribution in [1.82, 2.24) is 14.9 Å². The predicted octanol–water partition coefficient (Wildman–Crippen LogP) is 0.976. The van der Waals surface area contributed by atoms with Crippen LogP contribution in [0, 0.1) is 0 Å². The number of hydrogen-bond donors (Lipinski definition) is 1. The van der Waals surface area contributed by atoms with Crippen LogP contribution in [0.15, 0.2) is 12.4 Å². The number of methoxy groups -OCH3 is 1. The van der Waals surface area contributed by atoms with Crippen LogP contribution in [0.5, 0.6) is 0 Å². The molecular weight excluding hydrogens is 190 g/mol. The first-order valence-electron chi connectivity index (χ1n) is 5.41. The first kappa shape index (κ1) is 12.2. The highest BCUT2D eigenvalue weighted by atomic mass is 16.5. The Labute approximate surface area is 91.7 Å². The largest absolute Gasteiger partial charge is 0.380 e. The minimum Gasteiger partial charge on any atom is -0.380 e. The van der Waals surface area contributed by atoms with Crippen LogP contribution in [0.2, 0.25) is 0 Å². The number of aromatic nitrogens is 2. The lowest BCUT2D eigenvalue weighted by Gasteiger charge is -2.23. The lowest BCUT2D eigenvalue weighted by Crippen LogP contribution is -2.41. The molecule has 0 aliphatic carbocycles. The summed E-state index contributed by atoms with van der Waals surface area (Å²) in [5.74, 6) is 1.09. The zero-order valence-electron chi connectivity index (χ0n) is 10.0. The molecule has 1 heterocycles. The maximum absolute atomic E-state index is 5.35. The van der Waals surface area contributed by atoms with Crippen LogP contribution < -0.4 is 5.32 Å². The van der Waals surface area contributed by atoms with Gasteiger partial charge in [-0.2, -0.15) is 0 Å². The molecule has 2 unspecified atom stereocenters. The molecule has 0 saturated carbocycles. The molecule has 0 aliphatic heterocycles. The number of rotatable bonds is 6. The summed E-state index contributed by atoms with van der Waals surface area (Å²) in [6.07, 6.45) is 4.89. The summed E-state index contributed by atoms with van der Waals surface area (Å²) in [5.41, 5.74) is 0. The maximum atomic E-state index is 5.35. The van der Waals surface area contributed by atoms with Crippen molar-refractivity contribution in [2.75, 3.05) is 13.7 Å². The highest BCUT2D eigenvalue weighted by molar-refractivity contribution is 4.95. The third-order valence-electron chi connectivity index (χ3n) is 2.73. The van der Waals surface area contributed by atoms with E-state index in [1.807, 2.05) is 24.0 Å². The number of likely N-dealkylation sites (N-methyl/N-ethyl adjacent to an activating group) is 1. The minimum atomic E-state index is 0.196. The molecular formula is C11H21N3O. The lowest BCUT2D eigenvalue weighted by molar-refractivity contribution is 0.0827. The van der Waals surface area contributed by atoms with Gasteiger partial charge in [0.2, 0.25) is 0 Å². The topological polar surface area (TPSA) is 39.1 Å². The molecule has 4 heteroatoms. The van der Waals surface area contributed by atoms with Crippen molar-refractivity contribution in [3.63, 3.8) is 0 Å². The van der Waals surface area contributed by atoms with E-state index < -0.39 is 0 Å². The number of hydrogen-bond acceptors (Lipinski definition) is 3. The molecule has 0 aliphatic rings. The Bertz CT molecular complexity index is 285. The van der Waals surface area contributed by atoms with Crippen LogP contribution in [0.3, 0.4) is 0 Å². The average molecular weight is 211 g/mol. The van der Waals surface area contributed by atoms with Gasteiger partial charge in [0.1, 0.15) is 5.82 Å². The molecule has 1 aromatic rings. The van der Waals surface area contributed by atoms with Gasteiger partial charge < -0.3 is 14.6 Å². The standard InChI is InChI=1S/C11H21N3O/c1-5-12-10(9(2)15-4)8-11-13-6-7-14(11)3/h6-7,9-10,12H,5,8H2,1-4H3. The second-order valence-electron chi connectivity index (χ2n) is 3.76. The zero-order chi connectivity index (χ0) is 11.3. The Morgan fingerprint density at radius 3 is 2.80 bits per heavy atom. The molecule has 0 aromatic carbocycles. The Hall–Kier alpha value is -0.870. The number of nitrogens with zero attached hydrogens (tertiary/aromatic N) is 2. The third-order valence-corrected chi connectivity index (χ3v) is 2.73. The van der Waals surface area contributed by atoms with Gasteiger partial charge in [-0.1, -0.05) is 6.92 Å². The summed E-state index contributed by atoms with van der Waals surface area (Å²) in [6, 6.07) is 0.320. The van der Waals surface area contributed by atoms with Crippen LogP contribution in [0.1, 0.15) is 19.7 Å². The lowest BCUT2D eigenvalue weighted by atomic mass is 10.1. The molecule has 0 bridgehead atoms. The first-order chi connectivity index (χ1) is 7.19. The predicted molar refractivity (Wildman–Crippen MR) is 60.8 cm³/mol. The van der Waals surface area contributed by atoms with E-state index in [1.165, 1.54) is 0 Å². The Kier molecular flexibility index (Phi) is 4.78. The van der Waals surface area contributed by atoms with Crippen molar-refractivity contribution in [3.05, 3.63) is 18.2 Å². The van der Waals surface area contributed by atoms with Crippen molar-refractivity contribution < 1.29 is 4.74 Å². The number of nitrogens with one attached hydrogen (secondary N) is 1. The van der Waals surface area contributed by atoms with E-state index in [0.717, 1.165) is 18.8 Å². The van der Waals surface area contributed by atoms with E-state index in [2.05, 4.69) is 24.1 Å². The van der Waals surface area contributed by atoms with Gasteiger partial charge in [-0.15, -0.1) is 0 Å². The minimum absolute atomic E-state index is 0.196. The fourth-order valence-electron chi connectivity index (χ4n) is 1.62. The number of ether oxygens (including phenoxy) is 1. The quantitative estimate of drug-likeness (QED) is 0.762. The molecule has 86 valence electrons. The molecule has 0 fully saturated rings. The van der Waals surface area contributed by atoms with E-state index in [4.69, 9.17) is 4.74 Å². The Balaban J connectivity index is 2.62. The molecule has 0 amide bonds. The number of imidazole rings is 1.